The number of nitro benzene ring substituents is 1. The maximum Gasteiger partial charge on any atom is 0.269 e. The van der Waals surface area contributed by atoms with Gasteiger partial charge in [0, 0.05) is 35.1 Å². The molecule has 0 saturated heterocycles. The van der Waals surface area contributed by atoms with Gasteiger partial charge in [-0.25, -0.2) is 0 Å². The standard InChI is InChI=1S/C15H15BrN2O4S2/c16-14-6-5-13(24-14)10-23-8-7-17-15(19)9-22-12-3-1-11(2-4-12)18(20)21/h1-6H,7-10H2,(H,17,19). The number of hydrogen-bond donors (Lipinski definition) is 1. The monoisotopic (exact) mass is 430 g/mol. The van der Waals surface area contributed by atoms with Gasteiger partial charge in [-0.3, -0.25) is 14.9 Å². The second kappa shape index (κ2) is 9.65. The zero-order chi connectivity index (χ0) is 17.4. The first-order valence-electron chi connectivity index (χ1n) is 7.00. The van der Waals surface area contributed by atoms with Crippen molar-refractivity contribution in [1.29, 1.82) is 0 Å². The summed E-state index contributed by atoms with van der Waals surface area (Å²) >= 11 is 6.88. The average molecular weight is 431 g/mol. The van der Waals surface area contributed by atoms with Gasteiger partial charge in [0.25, 0.3) is 11.6 Å². The number of halogens is 1. The predicted octanol–water partition coefficient (Wildman–Crippen LogP) is 3.85. The fourth-order valence-electron chi connectivity index (χ4n) is 1.73. The van der Waals surface area contributed by atoms with E-state index in [4.69, 9.17) is 4.74 Å². The molecule has 2 aromatic rings. The lowest BCUT2D eigenvalue weighted by atomic mass is 10.3. The number of benzene rings is 1. The lowest BCUT2D eigenvalue weighted by Gasteiger charge is -2.07. The molecule has 0 bridgehead atoms. The third kappa shape index (κ3) is 6.50. The van der Waals surface area contributed by atoms with Crippen LogP contribution in [0.15, 0.2) is 40.2 Å². The minimum absolute atomic E-state index is 0.0124. The van der Waals surface area contributed by atoms with E-state index in [0.717, 1.165) is 15.3 Å². The maximum absolute atomic E-state index is 11.7. The molecule has 0 aliphatic heterocycles. The lowest BCUT2D eigenvalue weighted by molar-refractivity contribution is -0.384. The molecule has 1 N–H and O–H groups in total. The number of hydrogen-bond acceptors (Lipinski definition) is 6. The Bertz CT molecular complexity index is 691. The van der Waals surface area contributed by atoms with Crippen LogP contribution >= 0.6 is 39.0 Å². The smallest absolute Gasteiger partial charge is 0.269 e. The Morgan fingerprint density at radius 1 is 1.29 bits per heavy atom. The first-order valence-corrected chi connectivity index (χ1v) is 9.77. The third-order valence-corrected chi connectivity index (χ3v) is 5.67. The number of nitrogens with zero attached hydrogens (tertiary/aromatic N) is 1. The van der Waals surface area contributed by atoms with Gasteiger partial charge in [0.05, 0.1) is 8.71 Å². The van der Waals surface area contributed by atoms with Crippen LogP contribution in [0, 0.1) is 10.1 Å². The fraction of sp³-hybridized carbons (Fsp3) is 0.267. The predicted molar refractivity (Wildman–Crippen MR) is 99.8 cm³/mol. The summed E-state index contributed by atoms with van der Waals surface area (Å²) < 4.78 is 6.41. The number of nitrogens with one attached hydrogen (secondary N) is 1. The molecule has 9 heteroatoms. The highest BCUT2D eigenvalue weighted by atomic mass is 79.9. The quantitative estimate of drug-likeness (QED) is 0.371. The molecule has 0 spiro atoms. The van der Waals surface area contributed by atoms with Gasteiger partial charge in [-0.1, -0.05) is 0 Å². The number of thioether (sulfide) groups is 1. The molecular formula is C15H15BrN2O4S2. The van der Waals surface area contributed by atoms with Crippen LogP contribution in [0.1, 0.15) is 4.88 Å². The van der Waals surface area contributed by atoms with Crippen LogP contribution < -0.4 is 10.1 Å². The van der Waals surface area contributed by atoms with E-state index in [0.29, 0.717) is 12.3 Å². The van der Waals surface area contributed by atoms with Gasteiger partial charge in [-0.05, 0) is 40.2 Å². The molecule has 0 unspecified atom stereocenters. The van der Waals surface area contributed by atoms with Crippen LogP contribution in [0.25, 0.3) is 0 Å². The van der Waals surface area contributed by atoms with Crippen molar-refractivity contribution < 1.29 is 14.5 Å². The second-order valence-corrected chi connectivity index (χ2v) is 8.30. The van der Waals surface area contributed by atoms with E-state index in [1.165, 1.54) is 29.1 Å². The maximum atomic E-state index is 11.7. The third-order valence-electron chi connectivity index (χ3n) is 2.86. The first-order chi connectivity index (χ1) is 11.5. The van der Waals surface area contributed by atoms with Crippen molar-refractivity contribution in [2.75, 3.05) is 18.9 Å². The van der Waals surface area contributed by atoms with Gasteiger partial charge in [0.2, 0.25) is 0 Å². The number of amides is 1. The highest BCUT2D eigenvalue weighted by molar-refractivity contribution is 9.11. The van der Waals surface area contributed by atoms with Crippen LogP contribution in [-0.2, 0) is 10.5 Å². The first kappa shape index (κ1) is 18.8. The molecule has 24 heavy (non-hydrogen) atoms. The van der Waals surface area contributed by atoms with Crippen molar-refractivity contribution in [3.63, 3.8) is 0 Å². The number of carbonyl (C=O) groups is 1. The van der Waals surface area contributed by atoms with Gasteiger partial charge < -0.3 is 10.1 Å². The van der Waals surface area contributed by atoms with Crippen LogP contribution in [0.2, 0.25) is 0 Å². The number of thiophene rings is 1. The van der Waals surface area contributed by atoms with Gasteiger partial charge in [0.1, 0.15) is 5.75 Å². The van der Waals surface area contributed by atoms with Crippen LogP contribution in [0.5, 0.6) is 5.75 Å². The molecular weight excluding hydrogens is 416 g/mol. The molecule has 6 nitrogen and oxygen atoms in total. The SMILES string of the molecule is O=C(COc1ccc([N+](=O)[O-])cc1)NCCSCc1ccc(Br)s1. The highest BCUT2D eigenvalue weighted by Gasteiger charge is 2.06. The van der Waals surface area contributed by atoms with E-state index in [1.54, 1.807) is 23.1 Å². The summed E-state index contributed by atoms with van der Waals surface area (Å²) in [5, 5.41) is 13.3. The van der Waals surface area contributed by atoms with E-state index in [2.05, 4.69) is 27.3 Å². The Hall–Kier alpha value is -1.58. The fourth-order valence-corrected chi connectivity index (χ4v) is 4.18. The number of non-ortho nitro benzene ring substituents is 1. The topological polar surface area (TPSA) is 81.5 Å². The Labute approximate surface area is 155 Å². The van der Waals surface area contributed by atoms with Crippen molar-refractivity contribution in [3.8, 4) is 5.75 Å². The minimum Gasteiger partial charge on any atom is -0.484 e. The largest absolute Gasteiger partial charge is 0.484 e. The summed E-state index contributed by atoms with van der Waals surface area (Å²) in [6.07, 6.45) is 0. The molecule has 1 aromatic carbocycles. The molecule has 0 aliphatic rings. The van der Waals surface area contributed by atoms with Gasteiger partial charge in [-0.15, -0.1) is 11.3 Å². The Morgan fingerprint density at radius 2 is 2.04 bits per heavy atom. The summed E-state index contributed by atoms with van der Waals surface area (Å²) in [4.78, 5) is 23.0. The van der Waals surface area contributed by atoms with Crippen LogP contribution in [0.3, 0.4) is 0 Å². The van der Waals surface area contributed by atoms with E-state index < -0.39 is 4.92 Å². The number of nitro groups is 1. The van der Waals surface area contributed by atoms with E-state index >= 15 is 0 Å². The average Bonchev–Trinajstić information content (AvgIpc) is 2.98. The van der Waals surface area contributed by atoms with Gasteiger partial charge in [-0.2, -0.15) is 11.8 Å². The zero-order valence-corrected chi connectivity index (χ0v) is 15.8. The second-order valence-electron chi connectivity index (χ2n) is 4.65. The lowest BCUT2D eigenvalue weighted by Crippen LogP contribution is -2.30. The summed E-state index contributed by atoms with van der Waals surface area (Å²) in [7, 11) is 0. The molecule has 0 fully saturated rings. The normalized spacial score (nSPS) is 10.4. The molecule has 0 atom stereocenters. The molecule has 0 aliphatic carbocycles. The Morgan fingerprint density at radius 3 is 2.67 bits per heavy atom. The summed E-state index contributed by atoms with van der Waals surface area (Å²) in [5.41, 5.74) is -0.0124. The summed E-state index contributed by atoms with van der Waals surface area (Å²) in [6.45, 7) is 0.458. The van der Waals surface area contributed by atoms with Crippen molar-refractivity contribution in [2.45, 2.75) is 5.75 Å². The van der Waals surface area contributed by atoms with Crippen molar-refractivity contribution >= 4 is 50.6 Å². The minimum atomic E-state index is -0.483. The van der Waals surface area contributed by atoms with E-state index in [9.17, 15) is 14.9 Å². The molecule has 2 rings (SSSR count). The molecule has 1 amide bonds. The summed E-state index contributed by atoms with van der Waals surface area (Å²) in [6, 6.07) is 9.73. The summed E-state index contributed by atoms with van der Waals surface area (Å²) in [5.74, 6) is 1.95. The van der Waals surface area contributed by atoms with Gasteiger partial charge >= 0.3 is 0 Å². The molecule has 0 radical (unpaired) electrons. The molecule has 128 valence electrons. The molecule has 0 saturated carbocycles. The number of ether oxygens (including phenoxy) is 1. The van der Waals surface area contributed by atoms with Crippen LogP contribution in [0.4, 0.5) is 5.69 Å². The molecule has 1 aromatic heterocycles. The van der Waals surface area contributed by atoms with Crippen molar-refractivity contribution in [1.82, 2.24) is 5.32 Å². The van der Waals surface area contributed by atoms with Crippen molar-refractivity contribution in [3.05, 3.63) is 55.2 Å². The van der Waals surface area contributed by atoms with Crippen LogP contribution in [-0.4, -0.2) is 29.7 Å². The Kier molecular flexibility index (Phi) is 7.54. The highest BCUT2D eigenvalue weighted by Crippen LogP contribution is 2.25. The Balaban J connectivity index is 1.58. The van der Waals surface area contributed by atoms with E-state index in [-0.39, 0.29) is 18.2 Å². The van der Waals surface area contributed by atoms with Crippen molar-refractivity contribution in [2.24, 2.45) is 0 Å². The number of carbonyl (C=O) groups excluding carboxylic acids is 1. The van der Waals surface area contributed by atoms with E-state index in [1.807, 2.05) is 6.07 Å². The van der Waals surface area contributed by atoms with Gasteiger partial charge in [0.15, 0.2) is 6.61 Å². The zero-order valence-electron chi connectivity index (χ0n) is 12.6. The number of rotatable bonds is 9. The molecule has 1 heterocycles.